The molecule has 3 aromatic heterocycles. The largest absolute Gasteiger partial charge is 0.432 e. The van der Waals surface area contributed by atoms with Crippen LogP contribution >= 0.6 is 0 Å². The van der Waals surface area contributed by atoms with Crippen LogP contribution < -0.4 is 10.0 Å². The molecular formula is C24H20F2N6O2S. The Balaban J connectivity index is 1.26. The molecular weight excluding hydrogens is 474 g/mol. The van der Waals surface area contributed by atoms with E-state index in [1.807, 2.05) is 0 Å². The van der Waals surface area contributed by atoms with E-state index in [0.717, 1.165) is 5.56 Å². The number of benzene rings is 2. The summed E-state index contributed by atoms with van der Waals surface area (Å²) >= 11 is 0. The minimum absolute atomic E-state index is 0.331. The van der Waals surface area contributed by atoms with E-state index in [2.05, 4.69) is 25.0 Å². The van der Waals surface area contributed by atoms with Crippen LogP contribution in [0.5, 0.6) is 0 Å². The predicted octanol–water partition coefficient (Wildman–Crippen LogP) is 4.44. The van der Waals surface area contributed by atoms with Gasteiger partial charge in [0.15, 0.2) is 0 Å². The Kier molecular flexibility index (Phi) is 6.59. The molecule has 0 radical (unpaired) electrons. The molecule has 5 rings (SSSR count). The maximum absolute atomic E-state index is 13.4. The first-order chi connectivity index (χ1) is 17.1. The van der Waals surface area contributed by atoms with Crippen LogP contribution in [0.2, 0.25) is 0 Å². The van der Waals surface area contributed by atoms with Crippen LogP contribution in [0.15, 0.2) is 82.6 Å². The second-order valence-corrected chi connectivity index (χ2v) is 8.83. The maximum Gasteiger partial charge on any atom is 0.306 e. The second kappa shape index (κ2) is 10.1. The van der Waals surface area contributed by atoms with Gasteiger partial charge < -0.3 is 9.73 Å². The third kappa shape index (κ3) is 5.10. The van der Waals surface area contributed by atoms with Crippen molar-refractivity contribution < 1.29 is 17.4 Å². The molecule has 0 amide bonds. The van der Waals surface area contributed by atoms with Gasteiger partial charge in [0.05, 0.1) is 10.6 Å². The first-order valence-corrected chi connectivity index (χ1v) is 11.9. The lowest BCUT2D eigenvalue weighted by molar-refractivity contribution is 0.596. The fraction of sp³-hybridized carbons (Fsp3) is 0.125. The van der Waals surface area contributed by atoms with Crippen molar-refractivity contribution in [3.05, 3.63) is 84.9 Å². The van der Waals surface area contributed by atoms with Crippen LogP contribution in [0.4, 0.5) is 14.7 Å². The van der Waals surface area contributed by atoms with Gasteiger partial charge in [-0.3, -0.25) is 4.40 Å². The summed E-state index contributed by atoms with van der Waals surface area (Å²) in [6.45, 7) is 1.01. The van der Waals surface area contributed by atoms with E-state index >= 15 is 0 Å². The molecule has 0 bridgehead atoms. The zero-order valence-electron chi connectivity index (χ0n) is 18.3. The minimum atomic E-state index is -1.41. The molecule has 8 nitrogen and oxygen atoms in total. The molecule has 0 fully saturated rings. The smallest absolute Gasteiger partial charge is 0.306 e. The summed E-state index contributed by atoms with van der Waals surface area (Å²) < 4.78 is 48.8. The van der Waals surface area contributed by atoms with Crippen molar-refractivity contribution in [1.82, 2.24) is 24.1 Å². The molecule has 11 heteroatoms. The molecule has 1 atom stereocenters. The van der Waals surface area contributed by atoms with Gasteiger partial charge in [-0.2, -0.15) is 4.98 Å². The van der Waals surface area contributed by atoms with E-state index in [4.69, 9.17) is 4.42 Å². The van der Waals surface area contributed by atoms with Crippen LogP contribution in [-0.2, 0) is 11.0 Å². The molecule has 2 aromatic carbocycles. The number of fused-ring (bicyclic) bond motifs is 1. The van der Waals surface area contributed by atoms with Gasteiger partial charge in [-0.15, -0.1) is 0 Å². The summed E-state index contributed by atoms with van der Waals surface area (Å²) in [6.07, 6.45) is 5.57. The lowest BCUT2D eigenvalue weighted by Crippen LogP contribution is -2.21. The summed E-state index contributed by atoms with van der Waals surface area (Å²) in [7, 11) is -1.41. The number of hydrogen-bond donors (Lipinski definition) is 2. The standard InChI is InChI=1S/C24H20F2N6O2S/c25-17-4-2-16(3-5-17)21-22(32-14-15-34-24(32)31-21)20-10-13-28-23(30-20)27-11-1-12-29-35(33)19-8-6-18(26)7-9-19/h2-10,13-15,29H,1,11-12H2,(H,27,28,30). The molecule has 2 N–H and O–H groups in total. The van der Waals surface area contributed by atoms with Gasteiger partial charge in [0.2, 0.25) is 5.95 Å². The Labute approximate surface area is 201 Å². The first-order valence-electron chi connectivity index (χ1n) is 10.8. The van der Waals surface area contributed by atoms with Crippen molar-refractivity contribution in [3.63, 3.8) is 0 Å². The van der Waals surface area contributed by atoms with Crippen molar-refractivity contribution in [2.75, 3.05) is 18.4 Å². The van der Waals surface area contributed by atoms with E-state index in [-0.39, 0.29) is 11.6 Å². The van der Waals surface area contributed by atoms with E-state index in [1.165, 1.54) is 42.7 Å². The Morgan fingerprint density at radius 1 is 0.943 bits per heavy atom. The third-order valence-corrected chi connectivity index (χ3v) is 6.34. The number of oxazole rings is 1. The SMILES string of the molecule is O=S(NCCCNc1nccc(-c2c(-c3ccc(F)cc3)nc3occn23)n1)c1ccc(F)cc1. The van der Waals surface area contributed by atoms with Gasteiger partial charge in [0, 0.05) is 31.0 Å². The fourth-order valence-electron chi connectivity index (χ4n) is 3.51. The lowest BCUT2D eigenvalue weighted by atomic mass is 10.1. The number of halogens is 2. The Hall–Kier alpha value is -3.96. The van der Waals surface area contributed by atoms with Crippen LogP contribution in [0.3, 0.4) is 0 Å². The van der Waals surface area contributed by atoms with Crippen LogP contribution in [0.1, 0.15) is 6.42 Å². The Morgan fingerprint density at radius 3 is 2.46 bits per heavy atom. The molecule has 0 saturated heterocycles. The second-order valence-electron chi connectivity index (χ2n) is 7.53. The monoisotopic (exact) mass is 494 g/mol. The molecule has 35 heavy (non-hydrogen) atoms. The van der Waals surface area contributed by atoms with Gasteiger partial charge in [0.1, 0.15) is 40.3 Å². The third-order valence-electron chi connectivity index (χ3n) is 5.18. The Morgan fingerprint density at radius 2 is 1.69 bits per heavy atom. The predicted molar refractivity (Wildman–Crippen MR) is 128 cm³/mol. The number of rotatable bonds is 9. The molecule has 0 aliphatic carbocycles. The van der Waals surface area contributed by atoms with E-state index in [9.17, 15) is 13.0 Å². The molecule has 1 unspecified atom stereocenters. The highest BCUT2D eigenvalue weighted by molar-refractivity contribution is 7.83. The van der Waals surface area contributed by atoms with Gasteiger partial charge in [-0.25, -0.2) is 27.7 Å². The van der Waals surface area contributed by atoms with Gasteiger partial charge >= 0.3 is 5.84 Å². The van der Waals surface area contributed by atoms with E-state index in [1.54, 1.807) is 35.0 Å². The number of imidazole rings is 1. The number of anilines is 1. The number of nitrogens with zero attached hydrogens (tertiary/aromatic N) is 4. The summed E-state index contributed by atoms with van der Waals surface area (Å²) in [5, 5.41) is 3.16. The van der Waals surface area contributed by atoms with Crippen molar-refractivity contribution >= 4 is 22.8 Å². The van der Waals surface area contributed by atoms with Gasteiger partial charge in [-0.05, 0) is 61.0 Å². The zero-order chi connectivity index (χ0) is 24.2. The summed E-state index contributed by atoms with van der Waals surface area (Å²) in [6, 6.07) is 13.4. The molecule has 0 saturated carbocycles. The van der Waals surface area contributed by atoms with Crippen LogP contribution in [-0.4, -0.2) is 36.7 Å². The molecule has 178 valence electrons. The number of aromatic nitrogens is 4. The topological polar surface area (TPSA) is 97.3 Å². The minimum Gasteiger partial charge on any atom is -0.432 e. The highest BCUT2D eigenvalue weighted by Crippen LogP contribution is 2.32. The highest BCUT2D eigenvalue weighted by atomic mass is 32.2. The van der Waals surface area contributed by atoms with Crippen molar-refractivity contribution in [3.8, 4) is 22.6 Å². The van der Waals surface area contributed by atoms with Crippen LogP contribution in [0, 0.1) is 11.6 Å². The van der Waals surface area contributed by atoms with Crippen molar-refractivity contribution in [1.29, 1.82) is 0 Å². The summed E-state index contributed by atoms with van der Waals surface area (Å²) in [5.41, 5.74) is 2.66. The molecule has 0 aliphatic rings. The van der Waals surface area contributed by atoms with Crippen molar-refractivity contribution in [2.24, 2.45) is 0 Å². The normalized spacial score (nSPS) is 12.2. The fourth-order valence-corrected chi connectivity index (χ4v) is 4.39. The average Bonchev–Trinajstić information content (AvgIpc) is 3.46. The zero-order valence-corrected chi connectivity index (χ0v) is 19.1. The van der Waals surface area contributed by atoms with Gasteiger partial charge in [0.25, 0.3) is 0 Å². The Bertz CT molecular complexity index is 1470. The number of hydrogen-bond acceptors (Lipinski definition) is 6. The summed E-state index contributed by atoms with van der Waals surface area (Å²) in [5.74, 6) is 0.118. The highest BCUT2D eigenvalue weighted by Gasteiger charge is 2.19. The van der Waals surface area contributed by atoms with Crippen LogP contribution in [0.25, 0.3) is 28.5 Å². The molecule has 0 spiro atoms. The average molecular weight is 495 g/mol. The van der Waals surface area contributed by atoms with E-state index < -0.39 is 11.0 Å². The van der Waals surface area contributed by atoms with Gasteiger partial charge in [-0.1, -0.05) is 0 Å². The molecule has 5 aromatic rings. The number of nitrogens with one attached hydrogen (secondary N) is 2. The lowest BCUT2D eigenvalue weighted by Gasteiger charge is -2.08. The quantitative estimate of drug-likeness (QED) is 0.294. The summed E-state index contributed by atoms with van der Waals surface area (Å²) in [4.78, 5) is 14.0. The van der Waals surface area contributed by atoms with Crippen molar-refractivity contribution in [2.45, 2.75) is 11.3 Å². The van der Waals surface area contributed by atoms with E-state index in [0.29, 0.717) is 53.3 Å². The molecule has 0 aliphatic heterocycles. The maximum atomic E-state index is 13.4. The molecule has 3 heterocycles. The first kappa shape index (κ1) is 22.8.